The summed E-state index contributed by atoms with van der Waals surface area (Å²) in [5, 5.41) is 0.373. The average Bonchev–Trinajstić information content (AvgIpc) is 2.72. The summed E-state index contributed by atoms with van der Waals surface area (Å²) in [7, 11) is -2.03. The molecule has 0 bridgehead atoms. The maximum absolute atomic E-state index is 12.7. The van der Waals surface area contributed by atoms with Gasteiger partial charge in [0.2, 0.25) is 15.9 Å². The number of carbonyl (C=O) groups is 1. The molecule has 0 spiro atoms. The van der Waals surface area contributed by atoms with Crippen molar-refractivity contribution in [1.82, 2.24) is 9.21 Å². The van der Waals surface area contributed by atoms with Crippen LogP contribution in [0.4, 0.5) is 0 Å². The standard InChI is InChI=1S/C20H21ClN2O4S/c1-27-18-6-2-4-16(14-18)8-9-20(24)22-10-12-23(13-11-22)28(25,26)19-7-3-5-17(21)15-19/h2-9,14-15H,10-13H2,1H3/b9-8+. The molecule has 1 saturated heterocycles. The van der Waals surface area contributed by atoms with Crippen LogP contribution in [0.1, 0.15) is 5.56 Å². The van der Waals surface area contributed by atoms with E-state index in [1.165, 1.54) is 22.5 Å². The molecule has 1 heterocycles. The lowest BCUT2D eigenvalue weighted by Crippen LogP contribution is -2.50. The number of hydrogen-bond donors (Lipinski definition) is 0. The molecule has 1 aliphatic rings. The summed E-state index contributed by atoms with van der Waals surface area (Å²) in [6, 6.07) is 13.6. The van der Waals surface area contributed by atoms with Crippen molar-refractivity contribution in [2.24, 2.45) is 0 Å². The third-order valence-electron chi connectivity index (χ3n) is 4.50. The maximum Gasteiger partial charge on any atom is 0.246 e. The van der Waals surface area contributed by atoms with E-state index in [1.54, 1.807) is 30.2 Å². The number of ether oxygens (including phenoxy) is 1. The van der Waals surface area contributed by atoms with E-state index in [0.717, 1.165) is 11.3 Å². The highest BCUT2D eigenvalue weighted by molar-refractivity contribution is 7.89. The molecule has 0 radical (unpaired) electrons. The van der Waals surface area contributed by atoms with Crippen molar-refractivity contribution in [3.8, 4) is 5.75 Å². The predicted molar refractivity (Wildman–Crippen MR) is 109 cm³/mol. The molecule has 0 aromatic heterocycles. The van der Waals surface area contributed by atoms with Gasteiger partial charge in [0.15, 0.2) is 0 Å². The lowest BCUT2D eigenvalue weighted by atomic mass is 10.2. The Morgan fingerprint density at radius 3 is 2.46 bits per heavy atom. The van der Waals surface area contributed by atoms with Crippen LogP contribution in [0.25, 0.3) is 6.08 Å². The molecule has 2 aromatic rings. The van der Waals surface area contributed by atoms with Crippen molar-refractivity contribution in [3.05, 3.63) is 65.2 Å². The Bertz CT molecular complexity index is 983. The van der Waals surface area contributed by atoms with E-state index in [1.807, 2.05) is 24.3 Å². The van der Waals surface area contributed by atoms with Gasteiger partial charge in [-0.25, -0.2) is 8.42 Å². The summed E-state index contributed by atoms with van der Waals surface area (Å²) in [4.78, 5) is 14.2. The second kappa shape index (κ2) is 8.77. The number of sulfonamides is 1. The maximum atomic E-state index is 12.7. The molecule has 6 nitrogen and oxygen atoms in total. The van der Waals surface area contributed by atoms with Crippen LogP contribution in [0.3, 0.4) is 0 Å². The molecular weight excluding hydrogens is 400 g/mol. The Morgan fingerprint density at radius 2 is 1.79 bits per heavy atom. The third-order valence-corrected chi connectivity index (χ3v) is 6.63. The van der Waals surface area contributed by atoms with Gasteiger partial charge >= 0.3 is 0 Å². The fraction of sp³-hybridized carbons (Fsp3) is 0.250. The van der Waals surface area contributed by atoms with Gasteiger partial charge in [-0.2, -0.15) is 4.31 Å². The highest BCUT2D eigenvalue weighted by Crippen LogP contribution is 2.21. The first kappa shape index (κ1) is 20.4. The Hall–Kier alpha value is -2.35. The molecule has 2 aromatic carbocycles. The predicted octanol–water partition coefficient (Wildman–Crippen LogP) is 2.89. The first-order valence-electron chi connectivity index (χ1n) is 8.77. The van der Waals surface area contributed by atoms with E-state index >= 15 is 0 Å². The molecule has 0 aliphatic carbocycles. The van der Waals surface area contributed by atoms with Gasteiger partial charge in [-0.15, -0.1) is 0 Å². The van der Waals surface area contributed by atoms with Crippen molar-refractivity contribution in [3.63, 3.8) is 0 Å². The number of hydrogen-bond acceptors (Lipinski definition) is 4. The Morgan fingerprint density at radius 1 is 1.07 bits per heavy atom. The largest absolute Gasteiger partial charge is 0.497 e. The van der Waals surface area contributed by atoms with Gasteiger partial charge in [0, 0.05) is 37.3 Å². The number of rotatable bonds is 5. The molecule has 0 saturated carbocycles. The number of methoxy groups -OCH3 is 1. The molecular formula is C20H21ClN2O4S. The molecule has 1 aliphatic heterocycles. The quantitative estimate of drug-likeness (QED) is 0.697. The zero-order valence-electron chi connectivity index (χ0n) is 15.4. The van der Waals surface area contributed by atoms with E-state index in [2.05, 4.69) is 0 Å². The summed E-state index contributed by atoms with van der Waals surface area (Å²) in [6.07, 6.45) is 3.22. The second-order valence-electron chi connectivity index (χ2n) is 6.30. The van der Waals surface area contributed by atoms with Gasteiger partial charge in [0.05, 0.1) is 12.0 Å². The molecule has 1 fully saturated rings. The number of piperazine rings is 1. The van der Waals surface area contributed by atoms with Crippen LogP contribution in [0.15, 0.2) is 59.5 Å². The normalized spacial score (nSPS) is 15.7. The van der Waals surface area contributed by atoms with Crippen molar-refractivity contribution < 1.29 is 17.9 Å². The molecule has 0 N–H and O–H groups in total. The SMILES string of the molecule is COc1cccc(/C=C/C(=O)N2CCN(S(=O)(=O)c3cccc(Cl)c3)CC2)c1. The molecule has 3 rings (SSSR count). The zero-order valence-corrected chi connectivity index (χ0v) is 17.0. The number of halogens is 1. The number of benzene rings is 2. The van der Waals surface area contributed by atoms with E-state index < -0.39 is 10.0 Å². The molecule has 28 heavy (non-hydrogen) atoms. The fourth-order valence-corrected chi connectivity index (χ4v) is 4.67. The van der Waals surface area contributed by atoms with E-state index in [-0.39, 0.29) is 23.9 Å². The van der Waals surface area contributed by atoms with Crippen LogP contribution in [-0.4, -0.2) is 56.8 Å². The first-order valence-corrected chi connectivity index (χ1v) is 10.6. The molecule has 8 heteroatoms. The van der Waals surface area contributed by atoms with Crippen molar-refractivity contribution in [2.75, 3.05) is 33.3 Å². The van der Waals surface area contributed by atoms with Crippen LogP contribution in [0.5, 0.6) is 5.75 Å². The summed E-state index contributed by atoms with van der Waals surface area (Å²) in [5.74, 6) is 0.567. The molecule has 0 atom stereocenters. The summed E-state index contributed by atoms with van der Waals surface area (Å²) in [5.41, 5.74) is 0.856. The minimum atomic E-state index is -3.62. The Balaban J connectivity index is 1.61. The minimum absolute atomic E-state index is 0.150. The summed E-state index contributed by atoms with van der Waals surface area (Å²) >= 11 is 5.91. The average molecular weight is 421 g/mol. The van der Waals surface area contributed by atoms with Crippen LogP contribution in [0.2, 0.25) is 5.02 Å². The smallest absolute Gasteiger partial charge is 0.246 e. The van der Waals surface area contributed by atoms with Crippen molar-refractivity contribution in [1.29, 1.82) is 0 Å². The third kappa shape index (κ3) is 4.73. The second-order valence-corrected chi connectivity index (χ2v) is 8.67. The summed E-state index contributed by atoms with van der Waals surface area (Å²) in [6.45, 7) is 1.16. The minimum Gasteiger partial charge on any atom is -0.497 e. The van der Waals surface area contributed by atoms with Crippen LogP contribution in [-0.2, 0) is 14.8 Å². The van der Waals surface area contributed by atoms with Gasteiger partial charge in [-0.3, -0.25) is 4.79 Å². The van der Waals surface area contributed by atoms with Gasteiger partial charge in [-0.1, -0.05) is 29.8 Å². The van der Waals surface area contributed by atoms with Crippen LogP contribution < -0.4 is 4.74 Å². The molecule has 148 valence electrons. The van der Waals surface area contributed by atoms with E-state index in [9.17, 15) is 13.2 Å². The highest BCUT2D eigenvalue weighted by atomic mass is 35.5. The molecule has 0 unspecified atom stereocenters. The highest BCUT2D eigenvalue weighted by Gasteiger charge is 2.29. The van der Waals surface area contributed by atoms with E-state index in [4.69, 9.17) is 16.3 Å². The molecule has 1 amide bonds. The first-order chi connectivity index (χ1) is 13.4. The Kier molecular flexibility index (Phi) is 6.39. The van der Waals surface area contributed by atoms with E-state index in [0.29, 0.717) is 18.1 Å². The number of nitrogens with zero attached hydrogens (tertiary/aromatic N) is 2. The van der Waals surface area contributed by atoms with Gasteiger partial charge < -0.3 is 9.64 Å². The Labute approximate surface area is 170 Å². The monoisotopic (exact) mass is 420 g/mol. The van der Waals surface area contributed by atoms with Crippen molar-refractivity contribution in [2.45, 2.75) is 4.90 Å². The summed E-state index contributed by atoms with van der Waals surface area (Å²) < 4.78 is 32.0. The lowest BCUT2D eigenvalue weighted by molar-refractivity contribution is -0.127. The fourth-order valence-electron chi connectivity index (χ4n) is 2.94. The topological polar surface area (TPSA) is 66.9 Å². The van der Waals surface area contributed by atoms with Crippen LogP contribution in [0, 0.1) is 0 Å². The van der Waals surface area contributed by atoms with Crippen molar-refractivity contribution >= 4 is 33.6 Å². The lowest BCUT2D eigenvalue weighted by Gasteiger charge is -2.33. The van der Waals surface area contributed by atoms with Gasteiger partial charge in [0.25, 0.3) is 0 Å². The number of amides is 1. The zero-order chi connectivity index (χ0) is 20.1. The van der Waals surface area contributed by atoms with Gasteiger partial charge in [-0.05, 0) is 42.0 Å². The van der Waals surface area contributed by atoms with Gasteiger partial charge in [0.1, 0.15) is 5.75 Å². The van der Waals surface area contributed by atoms with Crippen LogP contribution >= 0.6 is 11.6 Å². The number of carbonyl (C=O) groups excluding carboxylic acids is 1.